The Morgan fingerprint density at radius 3 is 2.71 bits per heavy atom. The van der Waals surface area contributed by atoms with E-state index in [1.807, 2.05) is 49.7 Å². The van der Waals surface area contributed by atoms with Gasteiger partial charge in [-0.15, -0.1) is 0 Å². The van der Waals surface area contributed by atoms with Gasteiger partial charge in [0.15, 0.2) is 0 Å². The second-order valence-electron chi connectivity index (χ2n) is 7.14. The van der Waals surface area contributed by atoms with Crippen LogP contribution in [0.4, 0.5) is 0 Å². The predicted molar refractivity (Wildman–Crippen MR) is 94.9 cm³/mol. The molecule has 1 amide bonds. The minimum Gasteiger partial charge on any atom is -0.345 e. The molecule has 1 aliphatic rings. The minimum atomic E-state index is -0.303. The third-order valence-electron chi connectivity index (χ3n) is 4.93. The van der Waals surface area contributed by atoms with Crippen LogP contribution in [0.3, 0.4) is 0 Å². The Kier molecular flexibility index (Phi) is 4.45. The van der Waals surface area contributed by atoms with Crippen molar-refractivity contribution in [1.29, 1.82) is 0 Å². The van der Waals surface area contributed by atoms with Crippen molar-refractivity contribution in [3.05, 3.63) is 52.8 Å². The fourth-order valence-electron chi connectivity index (χ4n) is 3.19. The first-order valence-electron chi connectivity index (χ1n) is 8.54. The number of benzene rings is 1. The molecular weight excluding hydrogens is 300 g/mol. The molecule has 0 bridgehead atoms. The summed E-state index contributed by atoms with van der Waals surface area (Å²) in [5.74, 6) is 0.453. The zero-order valence-electron chi connectivity index (χ0n) is 14.7. The van der Waals surface area contributed by atoms with Crippen molar-refractivity contribution in [1.82, 2.24) is 15.1 Å². The molecule has 3 N–H and O–H groups in total. The summed E-state index contributed by atoms with van der Waals surface area (Å²) in [5, 5.41) is 7.63. The summed E-state index contributed by atoms with van der Waals surface area (Å²) in [5.41, 5.74) is 9.46. The van der Waals surface area contributed by atoms with Crippen molar-refractivity contribution >= 4 is 5.91 Å². The van der Waals surface area contributed by atoms with Crippen molar-refractivity contribution in [2.24, 2.45) is 11.7 Å². The van der Waals surface area contributed by atoms with Crippen LogP contribution in [0.5, 0.6) is 0 Å². The fraction of sp³-hybridized carbons (Fsp3) is 0.474. The van der Waals surface area contributed by atoms with Crippen molar-refractivity contribution in [2.75, 3.05) is 6.54 Å². The lowest BCUT2D eigenvalue weighted by atomic mass is 9.95. The number of nitrogens with one attached hydrogen (secondary N) is 1. The molecular formula is C19H26N4O. The highest BCUT2D eigenvalue weighted by Crippen LogP contribution is 2.39. The summed E-state index contributed by atoms with van der Waals surface area (Å²) in [6.07, 6.45) is 2.29. The SMILES string of the molecule is Cc1cc(C)n(Cc2cccc(C(=O)NC(C)(CN)C3CC3)c2)n1. The minimum absolute atomic E-state index is 0.0509. The van der Waals surface area contributed by atoms with Crippen molar-refractivity contribution < 1.29 is 4.79 Å². The average Bonchev–Trinajstić information content (AvgIpc) is 3.35. The first kappa shape index (κ1) is 16.7. The summed E-state index contributed by atoms with van der Waals surface area (Å²) in [6, 6.07) is 9.79. The van der Waals surface area contributed by atoms with E-state index in [-0.39, 0.29) is 11.4 Å². The van der Waals surface area contributed by atoms with E-state index in [0.717, 1.165) is 29.8 Å². The first-order chi connectivity index (χ1) is 11.4. The largest absolute Gasteiger partial charge is 0.345 e. The molecule has 1 heterocycles. The van der Waals surface area contributed by atoms with E-state index in [1.54, 1.807) is 0 Å². The maximum Gasteiger partial charge on any atom is 0.251 e. The van der Waals surface area contributed by atoms with Gasteiger partial charge in [-0.2, -0.15) is 5.10 Å². The van der Waals surface area contributed by atoms with E-state index >= 15 is 0 Å². The van der Waals surface area contributed by atoms with Gasteiger partial charge in [-0.1, -0.05) is 12.1 Å². The van der Waals surface area contributed by atoms with Gasteiger partial charge in [0, 0.05) is 17.8 Å². The first-order valence-corrected chi connectivity index (χ1v) is 8.54. The standard InChI is InChI=1S/C19H26N4O/c1-13-9-14(2)23(22-13)11-15-5-4-6-16(10-15)18(24)21-19(3,12-20)17-7-8-17/h4-6,9-10,17H,7-8,11-12,20H2,1-3H3,(H,21,24). The molecule has 1 fully saturated rings. The molecule has 0 aliphatic heterocycles. The van der Waals surface area contributed by atoms with Crippen LogP contribution in [0.2, 0.25) is 0 Å². The lowest BCUT2D eigenvalue weighted by molar-refractivity contribution is 0.0897. The van der Waals surface area contributed by atoms with Crippen LogP contribution in [0.15, 0.2) is 30.3 Å². The second-order valence-corrected chi connectivity index (χ2v) is 7.14. The number of carbonyl (C=O) groups excluding carboxylic acids is 1. The monoisotopic (exact) mass is 326 g/mol. The molecule has 5 nitrogen and oxygen atoms in total. The van der Waals surface area contributed by atoms with Gasteiger partial charge in [0.25, 0.3) is 5.91 Å². The molecule has 1 saturated carbocycles. The van der Waals surface area contributed by atoms with Gasteiger partial charge in [0.05, 0.1) is 17.8 Å². The van der Waals surface area contributed by atoms with Crippen LogP contribution in [-0.4, -0.2) is 27.8 Å². The molecule has 0 spiro atoms. The third kappa shape index (κ3) is 3.51. The van der Waals surface area contributed by atoms with Crippen LogP contribution in [-0.2, 0) is 6.54 Å². The summed E-state index contributed by atoms with van der Waals surface area (Å²) < 4.78 is 1.96. The Bertz CT molecular complexity index is 748. The average molecular weight is 326 g/mol. The third-order valence-corrected chi connectivity index (χ3v) is 4.93. The number of carbonyl (C=O) groups is 1. The van der Waals surface area contributed by atoms with E-state index < -0.39 is 0 Å². The van der Waals surface area contributed by atoms with Gasteiger partial charge in [-0.25, -0.2) is 0 Å². The van der Waals surface area contributed by atoms with Gasteiger partial charge in [-0.05, 0) is 63.3 Å². The molecule has 5 heteroatoms. The summed E-state index contributed by atoms with van der Waals surface area (Å²) in [6.45, 7) is 7.20. The fourth-order valence-corrected chi connectivity index (χ4v) is 3.19. The molecule has 3 rings (SSSR count). The van der Waals surface area contributed by atoms with E-state index in [0.29, 0.717) is 24.6 Å². The number of amides is 1. The molecule has 1 aromatic heterocycles. The van der Waals surface area contributed by atoms with Crippen LogP contribution < -0.4 is 11.1 Å². The zero-order chi connectivity index (χ0) is 17.3. The van der Waals surface area contributed by atoms with Gasteiger partial charge in [0.2, 0.25) is 0 Å². The Morgan fingerprint density at radius 1 is 1.38 bits per heavy atom. The lowest BCUT2D eigenvalue weighted by Gasteiger charge is -2.29. The molecule has 1 atom stereocenters. The Hall–Kier alpha value is -2.14. The number of aryl methyl sites for hydroxylation is 2. The van der Waals surface area contributed by atoms with Crippen LogP contribution >= 0.6 is 0 Å². The molecule has 128 valence electrons. The molecule has 1 aliphatic carbocycles. The number of nitrogens with two attached hydrogens (primary N) is 1. The van der Waals surface area contributed by atoms with E-state index in [4.69, 9.17) is 5.73 Å². The van der Waals surface area contributed by atoms with Crippen LogP contribution in [0.25, 0.3) is 0 Å². The van der Waals surface area contributed by atoms with Gasteiger partial charge in [-0.3, -0.25) is 9.48 Å². The van der Waals surface area contributed by atoms with Gasteiger partial charge in [0.1, 0.15) is 0 Å². The van der Waals surface area contributed by atoms with Crippen LogP contribution in [0, 0.1) is 19.8 Å². The topological polar surface area (TPSA) is 72.9 Å². The highest BCUT2D eigenvalue weighted by Gasteiger charge is 2.41. The van der Waals surface area contributed by atoms with E-state index in [2.05, 4.69) is 16.5 Å². The van der Waals surface area contributed by atoms with Crippen molar-refractivity contribution in [3.63, 3.8) is 0 Å². The van der Waals surface area contributed by atoms with Gasteiger partial charge < -0.3 is 11.1 Å². The summed E-state index contributed by atoms with van der Waals surface area (Å²) in [4.78, 5) is 12.6. The molecule has 24 heavy (non-hydrogen) atoms. The molecule has 0 saturated heterocycles. The number of nitrogens with zero attached hydrogens (tertiary/aromatic N) is 2. The molecule has 2 aromatic rings. The second kappa shape index (κ2) is 6.40. The Balaban J connectivity index is 1.75. The highest BCUT2D eigenvalue weighted by atomic mass is 16.1. The van der Waals surface area contributed by atoms with Crippen molar-refractivity contribution in [2.45, 2.75) is 45.7 Å². The Morgan fingerprint density at radius 2 is 2.12 bits per heavy atom. The van der Waals surface area contributed by atoms with Crippen LogP contribution in [0.1, 0.15) is 47.1 Å². The number of rotatable bonds is 6. The molecule has 1 aromatic carbocycles. The quantitative estimate of drug-likeness (QED) is 0.856. The zero-order valence-corrected chi connectivity index (χ0v) is 14.7. The number of hydrogen-bond acceptors (Lipinski definition) is 3. The molecule has 0 radical (unpaired) electrons. The number of aromatic nitrogens is 2. The normalized spacial score (nSPS) is 16.7. The Labute approximate surface area is 143 Å². The maximum atomic E-state index is 12.6. The van der Waals surface area contributed by atoms with Gasteiger partial charge >= 0.3 is 0 Å². The summed E-state index contributed by atoms with van der Waals surface area (Å²) >= 11 is 0. The smallest absolute Gasteiger partial charge is 0.251 e. The number of hydrogen-bond donors (Lipinski definition) is 2. The maximum absolute atomic E-state index is 12.6. The molecule has 1 unspecified atom stereocenters. The van der Waals surface area contributed by atoms with E-state index in [1.165, 1.54) is 0 Å². The predicted octanol–water partition coefficient (Wildman–Crippen LogP) is 2.41. The van der Waals surface area contributed by atoms with E-state index in [9.17, 15) is 4.79 Å². The highest BCUT2D eigenvalue weighted by molar-refractivity contribution is 5.94. The lowest BCUT2D eigenvalue weighted by Crippen LogP contribution is -2.53. The van der Waals surface area contributed by atoms with Crippen molar-refractivity contribution in [3.8, 4) is 0 Å². The summed E-state index contributed by atoms with van der Waals surface area (Å²) in [7, 11) is 0.